The van der Waals surface area contributed by atoms with Crippen LogP contribution in [-0.2, 0) is 0 Å². The molecule has 0 atom stereocenters. The fourth-order valence-electron chi connectivity index (χ4n) is 6.22. The third-order valence-electron chi connectivity index (χ3n) is 8.40. The fraction of sp³-hybridized carbons (Fsp3) is 0.556. The van der Waals surface area contributed by atoms with Gasteiger partial charge in [0.25, 0.3) is 5.91 Å². The van der Waals surface area contributed by atoms with E-state index in [1.54, 1.807) is 25.2 Å². The number of pyridine rings is 1. The molecule has 3 fully saturated rings. The first-order valence-corrected chi connectivity index (χ1v) is 13.3. The Bertz CT molecular complexity index is 1230. The highest BCUT2D eigenvalue weighted by Crippen LogP contribution is 2.38. The Kier molecular flexibility index (Phi) is 6.03. The number of hydrogen-bond donors (Lipinski definition) is 2. The summed E-state index contributed by atoms with van der Waals surface area (Å²) in [6.07, 6.45) is 12.0. The highest BCUT2D eigenvalue weighted by Gasteiger charge is 2.37. The molecule has 0 unspecified atom stereocenters. The van der Waals surface area contributed by atoms with Crippen LogP contribution in [0.3, 0.4) is 0 Å². The molecule has 3 aliphatic rings. The highest BCUT2D eigenvalue weighted by molar-refractivity contribution is 5.97. The number of rotatable bonds is 5. The van der Waals surface area contributed by atoms with Gasteiger partial charge in [-0.05, 0) is 62.3 Å². The highest BCUT2D eigenvalue weighted by atomic mass is 16.2. The quantitative estimate of drug-likeness (QED) is 0.562. The Morgan fingerprint density at radius 2 is 1.92 bits per heavy atom. The standard InChI is InChI=1S/C27H36N8O/c1-33(2)25(36)22-15-19-16-30-26(32-24(19)35(22)20-5-3-4-6-20)31-23-8-7-21(17-29-23)34-13-10-27(11-14-34)9-12-28-18-27/h7-8,15-17,20,28H,3-6,9-14,18H2,1-2H3,(H,29,30,31,32). The van der Waals surface area contributed by atoms with Gasteiger partial charge in [-0.1, -0.05) is 12.8 Å². The molecule has 9 nitrogen and oxygen atoms in total. The molecule has 3 aromatic heterocycles. The summed E-state index contributed by atoms with van der Waals surface area (Å²) in [6.45, 7) is 4.50. The maximum atomic E-state index is 12.9. The zero-order valence-electron chi connectivity index (χ0n) is 21.3. The number of carbonyl (C=O) groups excluding carboxylic acids is 1. The van der Waals surface area contributed by atoms with Crippen molar-refractivity contribution in [2.75, 3.05) is 50.5 Å². The lowest BCUT2D eigenvalue weighted by Crippen LogP contribution is -2.41. The van der Waals surface area contributed by atoms with Gasteiger partial charge in [-0.25, -0.2) is 9.97 Å². The van der Waals surface area contributed by atoms with Crippen LogP contribution in [0.2, 0.25) is 0 Å². The predicted molar refractivity (Wildman–Crippen MR) is 142 cm³/mol. The van der Waals surface area contributed by atoms with E-state index in [1.807, 2.05) is 18.3 Å². The monoisotopic (exact) mass is 488 g/mol. The van der Waals surface area contributed by atoms with Crippen molar-refractivity contribution in [3.63, 3.8) is 0 Å². The lowest BCUT2D eigenvalue weighted by molar-refractivity contribution is 0.0815. The van der Waals surface area contributed by atoms with Crippen molar-refractivity contribution in [1.82, 2.24) is 29.7 Å². The summed E-state index contributed by atoms with van der Waals surface area (Å²) in [5.74, 6) is 1.22. The molecule has 5 heterocycles. The number of anilines is 3. The van der Waals surface area contributed by atoms with Crippen molar-refractivity contribution < 1.29 is 4.79 Å². The van der Waals surface area contributed by atoms with Gasteiger partial charge in [-0.3, -0.25) is 4.79 Å². The second kappa shape index (κ2) is 9.35. The summed E-state index contributed by atoms with van der Waals surface area (Å²) >= 11 is 0. The third kappa shape index (κ3) is 4.30. The summed E-state index contributed by atoms with van der Waals surface area (Å²) in [4.78, 5) is 31.0. The molecule has 6 rings (SSSR count). The van der Waals surface area contributed by atoms with Gasteiger partial charge in [0.1, 0.15) is 17.2 Å². The van der Waals surface area contributed by atoms with Gasteiger partial charge in [0.2, 0.25) is 5.95 Å². The summed E-state index contributed by atoms with van der Waals surface area (Å²) in [5.41, 5.74) is 3.17. The Balaban J connectivity index is 1.21. The minimum absolute atomic E-state index is 0.000470. The number of aromatic nitrogens is 4. The zero-order valence-corrected chi connectivity index (χ0v) is 21.3. The minimum atomic E-state index is -0.000470. The normalized spacial score (nSPS) is 19.9. The molecule has 1 spiro atoms. The number of hydrogen-bond acceptors (Lipinski definition) is 7. The maximum Gasteiger partial charge on any atom is 0.270 e. The van der Waals surface area contributed by atoms with Crippen LogP contribution < -0.4 is 15.5 Å². The lowest BCUT2D eigenvalue weighted by atomic mass is 9.78. The van der Waals surface area contributed by atoms with Crippen LogP contribution in [0.15, 0.2) is 30.6 Å². The van der Waals surface area contributed by atoms with E-state index in [0.29, 0.717) is 23.1 Å². The van der Waals surface area contributed by atoms with Crippen LogP contribution in [0.4, 0.5) is 17.5 Å². The molecule has 36 heavy (non-hydrogen) atoms. The third-order valence-corrected chi connectivity index (χ3v) is 8.40. The van der Waals surface area contributed by atoms with Crippen molar-refractivity contribution in [3.8, 4) is 0 Å². The van der Waals surface area contributed by atoms with Crippen LogP contribution in [0.1, 0.15) is 61.5 Å². The number of nitrogens with one attached hydrogen (secondary N) is 2. The van der Waals surface area contributed by atoms with E-state index < -0.39 is 0 Å². The molecule has 1 amide bonds. The maximum absolute atomic E-state index is 12.9. The molecular formula is C27H36N8O. The summed E-state index contributed by atoms with van der Waals surface area (Å²) < 4.78 is 2.14. The Morgan fingerprint density at radius 3 is 2.58 bits per heavy atom. The van der Waals surface area contributed by atoms with Crippen LogP contribution >= 0.6 is 0 Å². The Hall–Kier alpha value is -3.20. The van der Waals surface area contributed by atoms with Gasteiger partial charge in [0, 0.05) is 51.4 Å². The summed E-state index contributed by atoms with van der Waals surface area (Å²) in [6, 6.07) is 6.36. The minimum Gasteiger partial charge on any atom is -0.370 e. The van der Waals surface area contributed by atoms with E-state index in [-0.39, 0.29) is 5.91 Å². The molecule has 0 aromatic carbocycles. The van der Waals surface area contributed by atoms with Gasteiger partial charge in [0.05, 0.1) is 11.9 Å². The average Bonchev–Trinajstić information content (AvgIpc) is 3.65. The average molecular weight is 489 g/mol. The fourth-order valence-corrected chi connectivity index (χ4v) is 6.22. The second-order valence-electron chi connectivity index (χ2n) is 11.0. The molecule has 1 aliphatic carbocycles. The van der Waals surface area contributed by atoms with E-state index in [2.05, 4.69) is 36.1 Å². The van der Waals surface area contributed by atoms with Gasteiger partial charge >= 0.3 is 0 Å². The molecule has 9 heteroatoms. The van der Waals surface area contributed by atoms with Gasteiger partial charge < -0.3 is 25.0 Å². The van der Waals surface area contributed by atoms with E-state index in [9.17, 15) is 4.79 Å². The van der Waals surface area contributed by atoms with Gasteiger partial charge in [-0.15, -0.1) is 0 Å². The molecule has 1 saturated carbocycles. The largest absolute Gasteiger partial charge is 0.370 e. The van der Waals surface area contributed by atoms with Gasteiger partial charge in [0.15, 0.2) is 0 Å². The SMILES string of the molecule is CN(C)C(=O)c1cc2cnc(Nc3ccc(N4CCC5(CCNC5)CC4)cn3)nc2n1C1CCCC1. The molecular weight excluding hydrogens is 452 g/mol. The molecule has 2 saturated heterocycles. The van der Waals surface area contributed by atoms with E-state index >= 15 is 0 Å². The zero-order chi connectivity index (χ0) is 24.7. The number of carbonyl (C=O) groups is 1. The van der Waals surface area contributed by atoms with E-state index in [1.165, 1.54) is 44.3 Å². The second-order valence-corrected chi connectivity index (χ2v) is 11.0. The van der Waals surface area contributed by atoms with E-state index in [4.69, 9.17) is 4.98 Å². The Morgan fingerprint density at radius 1 is 1.11 bits per heavy atom. The first kappa shape index (κ1) is 23.2. The molecule has 0 bridgehead atoms. The van der Waals surface area contributed by atoms with Crippen molar-refractivity contribution in [1.29, 1.82) is 0 Å². The molecule has 2 aliphatic heterocycles. The van der Waals surface area contributed by atoms with Crippen LogP contribution in [0.5, 0.6) is 0 Å². The topological polar surface area (TPSA) is 91.2 Å². The van der Waals surface area contributed by atoms with Crippen molar-refractivity contribution >= 4 is 34.4 Å². The van der Waals surface area contributed by atoms with Crippen molar-refractivity contribution in [2.24, 2.45) is 5.41 Å². The van der Waals surface area contributed by atoms with Crippen LogP contribution in [0.25, 0.3) is 11.0 Å². The van der Waals surface area contributed by atoms with E-state index in [0.717, 1.165) is 49.3 Å². The Labute approximate surface area is 212 Å². The predicted octanol–water partition coefficient (Wildman–Crippen LogP) is 3.97. The summed E-state index contributed by atoms with van der Waals surface area (Å²) in [5, 5.41) is 7.70. The van der Waals surface area contributed by atoms with Crippen molar-refractivity contribution in [3.05, 3.63) is 36.3 Å². The molecule has 0 radical (unpaired) electrons. The molecule has 2 N–H and O–H groups in total. The number of piperidine rings is 1. The lowest BCUT2D eigenvalue weighted by Gasteiger charge is -2.39. The first-order valence-electron chi connectivity index (χ1n) is 13.3. The molecule has 3 aromatic rings. The molecule has 190 valence electrons. The number of fused-ring (bicyclic) bond motifs is 1. The smallest absolute Gasteiger partial charge is 0.270 e. The van der Waals surface area contributed by atoms with Crippen LogP contribution in [-0.4, -0.2) is 70.6 Å². The number of nitrogens with zero attached hydrogens (tertiary/aromatic N) is 6. The van der Waals surface area contributed by atoms with Gasteiger partial charge in [-0.2, -0.15) is 4.98 Å². The summed E-state index contributed by atoms with van der Waals surface area (Å²) in [7, 11) is 3.59. The van der Waals surface area contributed by atoms with Crippen LogP contribution in [0, 0.1) is 5.41 Å². The van der Waals surface area contributed by atoms with Crippen molar-refractivity contribution in [2.45, 2.75) is 51.0 Å². The first-order chi connectivity index (χ1) is 17.5. The number of amides is 1.